The fourth-order valence-corrected chi connectivity index (χ4v) is 4.57. The number of anilines is 2. The van der Waals surface area contributed by atoms with Crippen molar-refractivity contribution in [2.24, 2.45) is 0 Å². The minimum Gasteiger partial charge on any atom is -0.497 e. The molecule has 178 valence electrons. The summed E-state index contributed by atoms with van der Waals surface area (Å²) in [4.78, 5) is 24.8. The van der Waals surface area contributed by atoms with Crippen LogP contribution in [0.25, 0.3) is 33.4 Å². The standard InChI is InChI=1S/C28H29N5O2/c1-4-25(34)30-21-16-20(17-23(18-21)35-3)26-24-6-5-11-29-28(24)31-27(26)19-7-9-22(10-8-19)33-14-12-32(2)13-15-33/h4-11,16-18H,1,12-15H2,2-3H3,(H,29,31)(H,30,34). The lowest BCUT2D eigenvalue weighted by Gasteiger charge is -2.34. The first-order valence-electron chi connectivity index (χ1n) is 11.7. The van der Waals surface area contributed by atoms with E-state index < -0.39 is 0 Å². The Kier molecular flexibility index (Phi) is 6.25. The second-order valence-electron chi connectivity index (χ2n) is 8.76. The highest BCUT2D eigenvalue weighted by atomic mass is 16.5. The lowest BCUT2D eigenvalue weighted by atomic mass is 9.98. The van der Waals surface area contributed by atoms with Crippen molar-refractivity contribution >= 4 is 28.3 Å². The van der Waals surface area contributed by atoms with E-state index in [1.165, 1.54) is 11.8 Å². The van der Waals surface area contributed by atoms with Crippen LogP contribution in [0.15, 0.2) is 73.4 Å². The number of piperazine rings is 1. The number of nitrogens with one attached hydrogen (secondary N) is 2. The van der Waals surface area contributed by atoms with E-state index in [-0.39, 0.29) is 5.91 Å². The summed E-state index contributed by atoms with van der Waals surface area (Å²) in [5, 5.41) is 3.85. The summed E-state index contributed by atoms with van der Waals surface area (Å²) in [6.07, 6.45) is 3.03. The number of aromatic amines is 1. The van der Waals surface area contributed by atoms with Gasteiger partial charge >= 0.3 is 0 Å². The van der Waals surface area contributed by atoms with Gasteiger partial charge in [0, 0.05) is 60.8 Å². The van der Waals surface area contributed by atoms with E-state index in [1.807, 2.05) is 18.2 Å². The van der Waals surface area contributed by atoms with Gasteiger partial charge in [-0.15, -0.1) is 0 Å². The zero-order valence-corrected chi connectivity index (χ0v) is 20.0. The number of amides is 1. The van der Waals surface area contributed by atoms with Gasteiger partial charge in [-0.3, -0.25) is 4.79 Å². The van der Waals surface area contributed by atoms with Crippen molar-refractivity contribution in [3.63, 3.8) is 0 Å². The van der Waals surface area contributed by atoms with Crippen LogP contribution in [0.3, 0.4) is 0 Å². The molecule has 4 aromatic rings. The Labute approximate surface area is 205 Å². The Morgan fingerprint density at radius 3 is 2.57 bits per heavy atom. The summed E-state index contributed by atoms with van der Waals surface area (Å²) >= 11 is 0. The SMILES string of the molecule is C=CC(=O)Nc1cc(OC)cc(-c2c(-c3ccc(N4CCN(C)CC4)cc3)[nH]c3ncccc23)c1. The number of ether oxygens (including phenoxy) is 1. The van der Waals surface area contributed by atoms with E-state index in [0.29, 0.717) is 11.4 Å². The van der Waals surface area contributed by atoms with E-state index in [4.69, 9.17) is 4.74 Å². The maximum atomic E-state index is 12.0. The second kappa shape index (κ2) is 9.64. The van der Waals surface area contributed by atoms with Crippen molar-refractivity contribution in [3.05, 3.63) is 73.4 Å². The zero-order valence-electron chi connectivity index (χ0n) is 20.0. The van der Waals surface area contributed by atoms with Gasteiger partial charge in [-0.25, -0.2) is 4.98 Å². The monoisotopic (exact) mass is 467 g/mol. The third kappa shape index (κ3) is 4.63. The smallest absolute Gasteiger partial charge is 0.247 e. The van der Waals surface area contributed by atoms with Crippen LogP contribution in [0.5, 0.6) is 5.75 Å². The van der Waals surface area contributed by atoms with Crippen molar-refractivity contribution in [2.75, 3.05) is 50.6 Å². The van der Waals surface area contributed by atoms with E-state index in [9.17, 15) is 4.79 Å². The van der Waals surface area contributed by atoms with Crippen LogP contribution in [-0.4, -0.2) is 61.1 Å². The molecule has 0 atom stereocenters. The molecule has 1 aliphatic rings. The molecule has 7 heteroatoms. The number of H-pyrrole nitrogens is 1. The topological polar surface area (TPSA) is 73.5 Å². The fraction of sp³-hybridized carbons (Fsp3) is 0.214. The summed E-state index contributed by atoms with van der Waals surface area (Å²) in [7, 11) is 3.78. The van der Waals surface area contributed by atoms with E-state index in [0.717, 1.165) is 59.6 Å². The zero-order chi connectivity index (χ0) is 24.4. The Morgan fingerprint density at radius 1 is 1.09 bits per heavy atom. The Morgan fingerprint density at radius 2 is 1.86 bits per heavy atom. The number of likely N-dealkylation sites (N-methyl/N-ethyl adjacent to an activating group) is 1. The second-order valence-corrected chi connectivity index (χ2v) is 8.76. The molecule has 0 spiro atoms. The maximum Gasteiger partial charge on any atom is 0.247 e. The molecule has 0 radical (unpaired) electrons. The summed E-state index contributed by atoms with van der Waals surface area (Å²) in [5.74, 6) is 0.376. The number of nitrogens with zero attached hydrogens (tertiary/aromatic N) is 3. The van der Waals surface area contributed by atoms with Gasteiger partial charge in [0.1, 0.15) is 11.4 Å². The number of methoxy groups -OCH3 is 1. The highest BCUT2D eigenvalue weighted by molar-refractivity contribution is 6.04. The molecule has 2 aromatic carbocycles. The molecule has 1 amide bonds. The third-order valence-electron chi connectivity index (χ3n) is 6.48. The molecule has 0 saturated carbocycles. The van der Waals surface area contributed by atoms with Gasteiger partial charge in [0.25, 0.3) is 0 Å². The van der Waals surface area contributed by atoms with Gasteiger partial charge < -0.3 is 24.8 Å². The number of hydrogen-bond donors (Lipinski definition) is 2. The molecule has 1 aliphatic heterocycles. The summed E-state index contributed by atoms with van der Waals surface area (Å²) in [5.41, 5.74) is 6.63. The molecule has 2 N–H and O–H groups in total. The van der Waals surface area contributed by atoms with Gasteiger partial charge in [-0.1, -0.05) is 18.7 Å². The molecule has 0 bridgehead atoms. The van der Waals surface area contributed by atoms with Gasteiger partial charge in [0.15, 0.2) is 0 Å². The molecule has 3 heterocycles. The normalized spacial score (nSPS) is 14.2. The van der Waals surface area contributed by atoms with Crippen LogP contribution in [0.4, 0.5) is 11.4 Å². The van der Waals surface area contributed by atoms with Crippen molar-refractivity contribution < 1.29 is 9.53 Å². The van der Waals surface area contributed by atoms with Crippen molar-refractivity contribution in [2.45, 2.75) is 0 Å². The minimum atomic E-state index is -0.274. The summed E-state index contributed by atoms with van der Waals surface area (Å²) < 4.78 is 5.54. The maximum absolute atomic E-state index is 12.0. The Balaban J connectivity index is 1.59. The van der Waals surface area contributed by atoms with Crippen LogP contribution in [0.1, 0.15) is 0 Å². The van der Waals surface area contributed by atoms with Gasteiger partial charge in [0.05, 0.1) is 12.8 Å². The highest BCUT2D eigenvalue weighted by Crippen LogP contribution is 2.40. The molecule has 1 fully saturated rings. The van der Waals surface area contributed by atoms with E-state index in [1.54, 1.807) is 19.4 Å². The number of fused-ring (bicyclic) bond motifs is 1. The lowest BCUT2D eigenvalue weighted by Crippen LogP contribution is -2.44. The molecule has 0 unspecified atom stereocenters. The number of pyridine rings is 1. The first-order chi connectivity index (χ1) is 17.1. The summed E-state index contributed by atoms with van der Waals surface area (Å²) in [6, 6.07) is 18.4. The van der Waals surface area contributed by atoms with Crippen LogP contribution < -0.4 is 15.0 Å². The first-order valence-corrected chi connectivity index (χ1v) is 11.7. The minimum absolute atomic E-state index is 0.274. The molecule has 0 aliphatic carbocycles. The first kappa shape index (κ1) is 22.7. The number of aromatic nitrogens is 2. The number of hydrogen-bond acceptors (Lipinski definition) is 5. The Bertz CT molecular complexity index is 1370. The van der Waals surface area contributed by atoms with E-state index >= 15 is 0 Å². The summed E-state index contributed by atoms with van der Waals surface area (Å²) in [6.45, 7) is 7.74. The molecular weight excluding hydrogens is 438 g/mol. The number of carbonyl (C=O) groups is 1. The molecule has 5 rings (SSSR count). The molecule has 35 heavy (non-hydrogen) atoms. The van der Waals surface area contributed by atoms with Crippen molar-refractivity contribution in [1.29, 1.82) is 0 Å². The molecule has 2 aromatic heterocycles. The van der Waals surface area contributed by atoms with Crippen LogP contribution >= 0.6 is 0 Å². The lowest BCUT2D eigenvalue weighted by molar-refractivity contribution is -0.111. The number of rotatable bonds is 6. The van der Waals surface area contributed by atoms with Gasteiger partial charge in [0.2, 0.25) is 5.91 Å². The van der Waals surface area contributed by atoms with Crippen LogP contribution in [-0.2, 0) is 4.79 Å². The average Bonchev–Trinajstić information content (AvgIpc) is 3.28. The number of benzene rings is 2. The molecular formula is C28H29N5O2. The van der Waals surface area contributed by atoms with Gasteiger partial charge in [-0.05, 0) is 60.6 Å². The van der Waals surface area contributed by atoms with Crippen molar-refractivity contribution in [1.82, 2.24) is 14.9 Å². The molecule has 1 saturated heterocycles. The average molecular weight is 468 g/mol. The predicted molar refractivity (Wildman–Crippen MR) is 142 cm³/mol. The number of carbonyl (C=O) groups excluding carboxylic acids is 1. The molecule has 7 nitrogen and oxygen atoms in total. The highest BCUT2D eigenvalue weighted by Gasteiger charge is 2.19. The Hall–Kier alpha value is -4.10. The van der Waals surface area contributed by atoms with Crippen LogP contribution in [0.2, 0.25) is 0 Å². The van der Waals surface area contributed by atoms with Crippen molar-refractivity contribution in [3.8, 4) is 28.1 Å². The predicted octanol–water partition coefficient (Wildman–Crippen LogP) is 4.78. The third-order valence-corrected chi connectivity index (χ3v) is 6.48. The fourth-order valence-electron chi connectivity index (χ4n) is 4.57. The largest absolute Gasteiger partial charge is 0.497 e. The van der Waals surface area contributed by atoms with Crippen LogP contribution in [0, 0.1) is 0 Å². The van der Waals surface area contributed by atoms with E-state index in [2.05, 4.69) is 69.0 Å². The quantitative estimate of drug-likeness (QED) is 0.399. The van der Waals surface area contributed by atoms with Gasteiger partial charge in [-0.2, -0.15) is 0 Å².